The molecular weight excluding hydrogens is 285 g/mol. The molecule has 1 unspecified atom stereocenters. The Morgan fingerprint density at radius 2 is 2.00 bits per heavy atom. The molecule has 1 aromatic carbocycles. The fourth-order valence-corrected chi connectivity index (χ4v) is 4.43. The lowest BCUT2D eigenvalue weighted by atomic mass is 10.0. The molecule has 2 rings (SSSR count). The summed E-state index contributed by atoms with van der Waals surface area (Å²) in [6.07, 6.45) is 0.816. The summed E-state index contributed by atoms with van der Waals surface area (Å²) >= 11 is 0. The molecule has 20 heavy (non-hydrogen) atoms. The topological polar surface area (TPSA) is 74.7 Å². The average molecular weight is 301 g/mol. The number of hydrogen-bond donors (Lipinski definition) is 1. The van der Waals surface area contributed by atoms with Gasteiger partial charge in [-0.15, -0.1) is 0 Å². The molecule has 0 bridgehead atoms. The fourth-order valence-electron chi connectivity index (χ4n) is 2.47. The molecule has 1 aliphatic rings. The van der Waals surface area contributed by atoms with Gasteiger partial charge in [0.05, 0.1) is 5.75 Å². The zero-order valence-electron chi connectivity index (χ0n) is 11.0. The van der Waals surface area contributed by atoms with Crippen LogP contribution < -0.4 is 0 Å². The minimum Gasteiger partial charge on any atom is -0.480 e. The molecule has 1 N–H and O–H groups in total. The Kier molecular flexibility index (Phi) is 3.84. The Hall–Kier alpha value is -1.47. The number of carbonyl (C=O) groups is 1. The predicted octanol–water partition coefficient (Wildman–Crippen LogP) is 1.59. The van der Waals surface area contributed by atoms with E-state index in [0.29, 0.717) is 18.4 Å². The van der Waals surface area contributed by atoms with Gasteiger partial charge in [0.15, 0.2) is 0 Å². The van der Waals surface area contributed by atoms with Gasteiger partial charge in [-0.1, -0.05) is 12.1 Å². The molecule has 1 aromatic rings. The maximum absolute atomic E-state index is 12.8. The van der Waals surface area contributed by atoms with Gasteiger partial charge in [-0.3, -0.25) is 4.79 Å². The van der Waals surface area contributed by atoms with Crippen LogP contribution in [0.2, 0.25) is 0 Å². The molecule has 0 spiro atoms. The van der Waals surface area contributed by atoms with Crippen molar-refractivity contribution in [3.05, 3.63) is 35.6 Å². The SMILES string of the molecule is CC1(C(=O)O)CCCN1S(=O)(=O)Cc1ccc(F)cc1. The van der Waals surface area contributed by atoms with Crippen LogP contribution in [0.3, 0.4) is 0 Å². The number of carboxylic acid groups (broad SMARTS) is 1. The van der Waals surface area contributed by atoms with E-state index in [1.54, 1.807) is 0 Å². The smallest absolute Gasteiger partial charge is 0.324 e. The van der Waals surface area contributed by atoms with Crippen LogP contribution in [-0.2, 0) is 20.6 Å². The van der Waals surface area contributed by atoms with E-state index in [-0.39, 0.29) is 12.3 Å². The van der Waals surface area contributed by atoms with Crippen molar-refractivity contribution in [3.63, 3.8) is 0 Å². The summed E-state index contributed by atoms with van der Waals surface area (Å²) < 4.78 is 38.6. The van der Waals surface area contributed by atoms with Crippen molar-refractivity contribution in [2.24, 2.45) is 0 Å². The third-order valence-electron chi connectivity index (χ3n) is 3.63. The highest BCUT2D eigenvalue weighted by atomic mass is 32.2. The van der Waals surface area contributed by atoms with Crippen LogP contribution in [0.1, 0.15) is 25.3 Å². The first kappa shape index (κ1) is 14.9. The highest BCUT2D eigenvalue weighted by molar-refractivity contribution is 7.88. The van der Waals surface area contributed by atoms with Gasteiger partial charge >= 0.3 is 5.97 Å². The Morgan fingerprint density at radius 3 is 2.55 bits per heavy atom. The molecule has 7 heteroatoms. The van der Waals surface area contributed by atoms with E-state index in [4.69, 9.17) is 0 Å². The lowest BCUT2D eigenvalue weighted by molar-refractivity contribution is -0.146. The van der Waals surface area contributed by atoms with Crippen LogP contribution in [0, 0.1) is 5.82 Å². The van der Waals surface area contributed by atoms with Crippen LogP contribution in [0.15, 0.2) is 24.3 Å². The molecule has 0 saturated carbocycles. The molecule has 0 aromatic heterocycles. The van der Waals surface area contributed by atoms with Crippen molar-refractivity contribution in [1.29, 1.82) is 0 Å². The molecule has 0 radical (unpaired) electrons. The summed E-state index contributed by atoms with van der Waals surface area (Å²) in [4.78, 5) is 11.3. The van der Waals surface area contributed by atoms with E-state index in [1.165, 1.54) is 31.2 Å². The molecule has 1 atom stereocenters. The zero-order valence-corrected chi connectivity index (χ0v) is 11.9. The second-order valence-electron chi connectivity index (χ2n) is 5.14. The van der Waals surface area contributed by atoms with E-state index in [2.05, 4.69) is 0 Å². The van der Waals surface area contributed by atoms with Gasteiger partial charge in [0.25, 0.3) is 0 Å². The number of hydrogen-bond acceptors (Lipinski definition) is 3. The third-order valence-corrected chi connectivity index (χ3v) is 5.59. The van der Waals surface area contributed by atoms with Crippen molar-refractivity contribution in [3.8, 4) is 0 Å². The predicted molar refractivity (Wildman–Crippen MR) is 71.0 cm³/mol. The van der Waals surface area contributed by atoms with Crippen LogP contribution in [0.4, 0.5) is 4.39 Å². The quantitative estimate of drug-likeness (QED) is 0.916. The van der Waals surface area contributed by atoms with Gasteiger partial charge in [0, 0.05) is 6.54 Å². The van der Waals surface area contributed by atoms with E-state index >= 15 is 0 Å². The number of rotatable bonds is 4. The van der Waals surface area contributed by atoms with E-state index < -0.39 is 27.3 Å². The Balaban J connectivity index is 2.26. The highest BCUT2D eigenvalue weighted by Crippen LogP contribution is 2.33. The number of nitrogens with zero attached hydrogens (tertiary/aromatic N) is 1. The molecule has 1 heterocycles. The lowest BCUT2D eigenvalue weighted by Crippen LogP contribution is -2.50. The molecule has 0 amide bonds. The van der Waals surface area contributed by atoms with E-state index in [1.807, 2.05) is 0 Å². The molecule has 0 aliphatic carbocycles. The highest BCUT2D eigenvalue weighted by Gasteiger charge is 2.49. The Morgan fingerprint density at radius 1 is 1.40 bits per heavy atom. The van der Waals surface area contributed by atoms with Gasteiger partial charge in [0.1, 0.15) is 11.4 Å². The summed E-state index contributed by atoms with van der Waals surface area (Å²) in [6, 6.07) is 5.15. The molecule has 1 aliphatic heterocycles. The van der Waals surface area contributed by atoms with Crippen molar-refractivity contribution in [2.75, 3.05) is 6.54 Å². The number of sulfonamides is 1. The maximum atomic E-state index is 12.8. The lowest BCUT2D eigenvalue weighted by Gasteiger charge is -2.30. The summed E-state index contributed by atoms with van der Waals surface area (Å²) in [5.74, 6) is -1.91. The Bertz CT molecular complexity index is 614. The Labute approximate surface area is 117 Å². The number of carboxylic acids is 1. The second-order valence-corrected chi connectivity index (χ2v) is 7.03. The number of aliphatic carboxylic acids is 1. The van der Waals surface area contributed by atoms with Gasteiger partial charge < -0.3 is 5.11 Å². The van der Waals surface area contributed by atoms with Crippen molar-refractivity contribution in [2.45, 2.75) is 31.1 Å². The first-order valence-electron chi connectivity index (χ1n) is 6.24. The van der Waals surface area contributed by atoms with Crippen LogP contribution in [-0.4, -0.2) is 35.9 Å². The van der Waals surface area contributed by atoms with Crippen molar-refractivity contribution in [1.82, 2.24) is 4.31 Å². The largest absolute Gasteiger partial charge is 0.480 e. The summed E-state index contributed by atoms with van der Waals surface area (Å²) in [5, 5.41) is 9.25. The number of benzene rings is 1. The van der Waals surface area contributed by atoms with Crippen LogP contribution >= 0.6 is 0 Å². The first-order valence-corrected chi connectivity index (χ1v) is 7.85. The van der Waals surface area contributed by atoms with Crippen LogP contribution in [0.25, 0.3) is 0 Å². The zero-order chi connectivity index (χ0) is 15.0. The van der Waals surface area contributed by atoms with E-state index in [9.17, 15) is 22.7 Å². The van der Waals surface area contributed by atoms with Crippen molar-refractivity contribution < 1.29 is 22.7 Å². The third kappa shape index (κ3) is 2.69. The van der Waals surface area contributed by atoms with E-state index in [0.717, 1.165) is 4.31 Å². The molecule has 110 valence electrons. The normalized spacial score (nSPS) is 23.9. The average Bonchev–Trinajstić information content (AvgIpc) is 2.76. The summed E-state index contributed by atoms with van der Waals surface area (Å²) in [6.45, 7) is 1.62. The van der Waals surface area contributed by atoms with Gasteiger partial charge in [-0.25, -0.2) is 12.8 Å². The molecule has 1 fully saturated rings. The fraction of sp³-hybridized carbons (Fsp3) is 0.462. The summed E-state index contributed by atoms with van der Waals surface area (Å²) in [7, 11) is -3.75. The van der Waals surface area contributed by atoms with Gasteiger partial charge in [-0.2, -0.15) is 4.31 Å². The minimum absolute atomic E-state index is 0.201. The second kappa shape index (κ2) is 5.14. The van der Waals surface area contributed by atoms with Gasteiger partial charge in [-0.05, 0) is 37.5 Å². The standard InChI is InChI=1S/C13H16FNO4S/c1-13(12(16)17)7-2-8-15(13)20(18,19)9-10-3-5-11(14)6-4-10/h3-6H,2,7-9H2,1H3,(H,16,17). The van der Waals surface area contributed by atoms with Crippen LogP contribution in [0.5, 0.6) is 0 Å². The summed E-state index contributed by atoms with van der Waals surface area (Å²) in [5.41, 5.74) is -0.954. The first-order chi connectivity index (χ1) is 9.25. The number of halogens is 1. The minimum atomic E-state index is -3.75. The molecule has 1 saturated heterocycles. The van der Waals surface area contributed by atoms with Gasteiger partial charge in [0.2, 0.25) is 10.0 Å². The molecular formula is C13H16FNO4S. The maximum Gasteiger partial charge on any atom is 0.324 e. The molecule has 5 nitrogen and oxygen atoms in total. The monoisotopic (exact) mass is 301 g/mol. The van der Waals surface area contributed by atoms with Crippen molar-refractivity contribution >= 4 is 16.0 Å².